The van der Waals surface area contributed by atoms with Gasteiger partial charge in [0.15, 0.2) is 0 Å². The number of carbonyl (C=O) groups excluding carboxylic acids is 2. The van der Waals surface area contributed by atoms with E-state index in [2.05, 4.69) is 20.4 Å². The molecule has 1 saturated heterocycles. The van der Waals surface area contributed by atoms with Crippen LogP contribution in [0.3, 0.4) is 0 Å². The van der Waals surface area contributed by atoms with E-state index < -0.39 is 5.97 Å². The predicted octanol–water partition coefficient (Wildman–Crippen LogP) is 5.67. The molecular formula is C27H34Cl2N4O3. The van der Waals surface area contributed by atoms with Gasteiger partial charge >= 0.3 is 12.0 Å². The van der Waals surface area contributed by atoms with Gasteiger partial charge in [-0.2, -0.15) is 0 Å². The Morgan fingerprint density at radius 3 is 2.42 bits per heavy atom. The Bertz CT molecular complexity index is 1050. The van der Waals surface area contributed by atoms with Gasteiger partial charge in [0.25, 0.3) is 0 Å². The first-order valence-corrected chi connectivity index (χ1v) is 13.4. The monoisotopic (exact) mass is 532 g/mol. The molecule has 9 heteroatoms. The second-order valence-electron chi connectivity index (χ2n) is 9.54. The summed E-state index contributed by atoms with van der Waals surface area (Å²) in [7, 11) is 1.33. The predicted molar refractivity (Wildman–Crippen MR) is 145 cm³/mol. The van der Waals surface area contributed by atoms with Gasteiger partial charge in [-0.1, -0.05) is 41.4 Å². The van der Waals surface area contributed by atoms with Crippen LogP contribution in [0.2, 0.25) is 10.0 Å². The van der Waals surface area contributed by atoms with Crippen molar-refractivity contribution in [2.24, 2.45) is 5.92 Å². The van der Waals surface area contributed by atoms with Crippen LogP contribution in [-0.4, -0.2) is 62.8 Å². The molecule has 2 amide bonds. The summed E-state index contributed by atoms with van der Waals surface area (Å²) < 4.78 is 4.79. The molecule has 0 unspecified atom stereocenters. The van der Waals surface area contributed by atoms with Gasteiger partial charge in [0.05, 0.1) is 34.1 Å². The Morgan fingerprint density at radius 2 is 1.69 bits per heavy atom. The van der Waals surface area contributed by atoms with Gasteiger partial charge in [0.2, 0.25) is 0 Å². The molecule has 2 N–H and O–H groups in total. The summed E-state index contributed by atoms with van der Waals surface area (Å²) in [6.07, 6.45) is 5.35. The lowest BCUT2D eigenvalue weighted by Crippen LogP contribution is -2.47. The quantitative estimate of drug-likeness (QED) is 0.449. The van der Waals surface area contributed by atoms with Crippen molar-refractivity contribution < 1.29 is 14.3 Å². The molecule has 194 valence electrons. The minimum atomic E-state index is -0.471. The summed E-state index contributed by atoms with van der Waals surface area (Å²) in [5.41, 5.74) is 1.82. The van der Waals surface area contributed by atoms with Crippen LogP contribution >= 0.6 is 23.2 Å². The maximum atomic E-state index is 12.5. The molecule has 1 heterocycles. The van der Waals surface area contributed by atoms with Crippen molar-refractivity contribution >= 4 is 46.6 Å². The summed E-state index contributed by atoms with van der Waals surface area (Å²) in [4.78, 5) is 29.3. The SMILES string of the molecule is COC(=O)c1ccccc1NC(=O)N[C@H]1CC[C@H](CCN2CCN(c3cccc(Cl)c3Cl)CC2)CC1. The molecule has 2 aromatic rings. The van der Waals surface area contributed by atoms with Crippen molar-refractivity contribution in [1.29, 1.82) is 0 Å². The first-order valence-electron chi connectivity index (χ1n) is 12.6. The minimum Gasteiger partial charge on any atom is -0.465 e. The van der Waals surface area contributed by atoms with E-state index >= 15 is 0 Å². The lowest BCUT2D eigenvalue weighted by Gasteiger charge is -2.37. The van der Waals surface area contributed by atoms with Crippen LogP contribution in [0.5, 0.6) is 0 Å². The van der Waals surface area contributed by atoms with Crippen LogP contribution in [0, 0.1) is 5.92 Å². The van der Waals surface area contributed by atoms with Crippen LogP contribution < -0.4 is 15.5 Å². The van der Waals surface area contributed by atoms with Crippen LogP contribution in [0.1, 0.15) is 42.5 Å². The Kier molecular flexibility index (Phi) is 9.35. The highest BCUT2D eigenvalue weighted by Gasteiger charge is 2.25. The standard InChI is InChI=1S/C27H34Cl2N4O3/c1-36-26(34)21-5-2-3-7-23(21)31-27(35)30-20-11-9-19(10-12-20)13-14-32-15-17-33(18-16-32)24-8-4-6-22(28)25(24)29/h2-8,19-20H,9-18H2,1H3,(H2,30,31,35)/t19-,20-. The van der Waals surface area contributed by atoms with Crippen molar-refractivity contribution in [2.45, 2.75) is 38.1 Å². The fourth-order valence-electron chi connectivity index (χ4n) is 5.13. The number of urea groups is 1. The van der Waals surface area contributed by atoms with E-state index in [9.17, 15) is 9.59 Å². The first kappa shape index (κ1) is 26.6. The van der Waals surface area contributed by atoms with Crippen molar-refractivity contribution in [1.82, 2.24) is 10.2 Å². The second-order valence-corrected chi connectivity index (χ2v) is 10.3. The highest BCUT2D eigenvalue weighted by atomic mass is 35.5. The number of ether oxygens (including phenoxy) is 1. The number of piperazine rings is 1. The van der Waals surface area contributed by atoms with Gasteiger partial charge in [-0.05, 0) is 68.8 Å². The maximum absolute atomic E-state index is 12.5. The van der Waals surface area contributed by atoms with E-state index in [1.165, 1.54) is 13.5 Å². The highest BCUT2D eigenvalue weighted by Crippen LogP contribution is 2.33. The number of carbonyl (C=O) groups is 2. The summed E-state index contributed by atoms with van der Waals surface area (Å²) in [5, 5.41) is 7.11. The molecule has 1 aliphatic carbocycles. The number of benzene rings is 2. The van der Waals surface area contributed by atoms with E-state index in [1.54, 1.807) is 24.3 Å². The van der Waals surface area contributed by atoms with Gasteiger partial charge < -0.3 is 20.3 Å². The molecule has 1 aliphatic heterocycles. The zero-order valence-electron chi connectivity index (χ0n) is 20.6. The van der Waals surface area contributed by atoms with Gasteiger partial charge in [0, 0.05) is 32.2 Å². The van der Waals surface area contributed by atoms with E-state index in [0.717, 1.165) is 64.1 Å². The molecule has 0 spiro atoms. The van der Waals surface area contributed by atoms with Crippen LogP contribution in [0.15, 0.2) is 42.5 Å². The van der Waals surface area contributed by atoms with E-state index in [0.29, 0.717) is 27.2 Å². The third kappa shape index (κ3) is 6.84. The average Bonchev–Trinajstić information content (AvgIpc) is 2.90. The molecular weight excluding hydrogens is 499 g/mol. The first-order chi connectivity index (χ1) is 17.4. The third-order valence-corrected chi connectivity index (χ3v) is 8.07. The normalized spacial score (nSPS) is 20.6. The number of methoxy groups -OCH3 is 1. The molecule has 2 aliphatic rings. The lowest BCUT2D eigenvalue weighted by molar-refractivity contribution is 0.0602. The summed E-state index contributed by atoms with van der Waals surface area (Å²) in [6, 6.07) is 12.5. The number of esters is 1. The fourth-order valence-corrected chi connectivity index (χ4v) is 5.55. The summed E-state index contributed by atoms with van der Waals surface area (Å²) in [5.74, 6) is 0.215. The van der Waals surface area contributed by atoms with Crippen LogP contribution in [0.25, 0.3) is 0 Å². The molecule has 1 saturated carbocycles. The number of halogens is 2. The Hall–Kier alpha value is -2.48. The van der Waals surface area contributed by atoms with Gasteiger partial charge in [0.1, 0.15) is 0 Å². The van der Waals surface area contributed by atoms with Gasteiger partial charge in [-0.15, -0.1) is 0 Å². The summed E-state index contributed by atoms with van der Waals surface area (Å²) in [6.45, 7) is 5.04. The number of hydrogen-bond donors (Lipinski definition) is 2. The van der Waals surface area contributed by atoms with E-state index in [1.807, 2.05) is 18.2 Å². The number of hydrogen-bond acceptors (Lipinski definition) is 5. The Balaban J connectivity index is 1.15. The zero-order valence-corrected chi connectivity index (χ0v) is 22.2. The van der Waals surface area contributed by atoms with Crippen molar-refractivity contribution in [2.75, 3.05) is 50.1 Å². The van der Waals surface area contributed by atoms with Crippen molar-refractivity contribution in [3.63, 3.8) is 0 Å². The number of anilines is 2. The fraction of sp³-hybridized carbons (Fsp3) is 0.481. The zero-order chi connectivity index (χ0) is 25.5. The van der Waals surface area contributed by atoms with E-state index in [4.69, 9.17) is 27.9 Å². The molecule has 2 fully saturated rings. The molecule has 0 bridgehead atoms. The van der Waals surface area contributed by atoms with Crippen molar-refractivity contribution in [3.8, 4) is 0 Å². The summed E-state index contributed by atoms with van der Waals surface area (Å²) >= 11 is 12.6. The number of para-hydroxylation sites is 1. The highest BCUT2D eigenvalue weighted by molar-refractivity contribution is 6.43. The largest absolute Gasteiger partial charge is 0.465 e. The Morgan fingerprint density at radius 1 is 0.972 bits per heavy atom. The number of nitrogens with one attached hydrogen (secondary N) is 2. The lowest BCUT2D eigenvalue weighted by atomic mass is 9.84. The molecule has 0 atom stereocenters. The second kappa shape index (κ2) is 12.7. The topological polar surface area (TPSA) is 73.9 Å². The molecule has 0 radical (unpaired) electrons. The van der Waals surface area contributed by atoms with Gasteiger partial charge in [-0.3, -0.25) is 4.90 Å². The molecule has 7 nitrogen and oxygen atoms in total. The van der Waals surface area contributed by atoms with Crippen LogP contribution in [-0.2, 0) is 4.74 Å². The van der Waals surface area contributed by atoms with E-state index in [-0.39, 0.29) is 12.1 Å². The van der Waals surface area contributed by atoms with Gasteiger partial charge in [-0.25, -0.2) is 9.59 Å². The van der Waals surface area contributed by atoms with Crippen LogP contribution in [0.4, 0.5) is 16.2 Å². The molecule has 2 aromatic carbocycles. The maximum Gasteiger partial charge on any atom is 0.339 e. The third-order valence-electron chi connectivity index (χ3n) is 7.26. The number of nitrogens with zero attached hydrogens (tertiary/aromatic N) is 2. The smallest absolute Gasteiger partial charge is 0.339 e. The molecule has 4 rings (SSSR count). The minimum absolute atomic E-state index is 0.150. The van der Waals surface area contributed by atoms with Crippen molar-refractivity contribution in [3.05, 3.63) is 58.1 Å². The number of rotatable bonds is 7. The number of amides is 2. The molecule has 36 heavy (non-hydrogen) atoms. The molecule has 0 aromatic heterocycles. The average molecular weight is 534 g/mol. The Labute approximate surface area is 223 Å².